The zero-order chi connectivity index (χ0) is 19.3. The average Bonchev–Trinajstić information content (AvgIpc) is 3.25. The standard InChI is InChI=1S/C22H20N4O2/c1-28-19-8-10-20-16(13-19)7-9-21(25-20)22(27)23-14-17-5-2-3-6-18(17)15-26-12-4-11-24-26/h2-13H,14-15H2,1H3,(H,23,27). The van der Waals surface area contributed by atoms with Crippen LogP contribution < -0.4 is 10.1 Å². The van der Waals surface area contributed by atoms with Crippen LogP contribution in [0.15, 0.2) is 73.1 Å². The highest BCUT2D eigenvalue weighted by Gasteiger charge is 2.10. The van der Waals surface area contributed by atoms with Crippen molar-refractivity contribution in [1.29, 1.82) is 0 Å². The van der Waals surface area contributed by atoms with Gasteiger partial charge in [-0.3, -0.25) is 9.48 Å². The third-order valence-corrected chi connectivity index (χ3v) is 4.58. The van der Waals surface area contributed by atoms with Gasteiger partial charge < -0.3 is 10.1 Å². The Bertz CT molecular complexity index is 1110. The number of nitrogens with one attached hydrogen (secondary N) is 1. The van der Waals surface area contributed by atoms with Crippen LogP contribution in [0, 0.1) is 0 Å². The third kappa shape index (κ3) is 3.86. The summed E-state index contributed by atoms with van der Waals surface area (Å²) in [6, 6.07) is 19.1. The Morgan fingerprint density at radius 1 is 1.07 bits per heavy atom. The Balaban J connectivity index is 1.48. The van der Waals surface area contributed by atoms with Crippen molar-refractivity contribution < 1.29 is 9.53 Å². The molecule has 6 heteroatoms. The fourth-order valence-corrected chi connectivity index (χ4v) is 3.08. The molecule has 0 aliphatic carbocycles. The van der Waals surface area contributed by atoms with Gasteiger partial charge in [-0.1, -0.05) is 30.3 Å². The molecule has 0 aliphatic heterocycles. The molecule has 0 spiro atoms. The van der Waals surface area contributed by atoms with Crippen LogP contribution >= 0.6 is 0 Å². The molecule has 2 aromatic heterocycles. The molecule has 28 heavy (non-hydrogen) atoms. The quantitative estimate of drug-likeness (QED) is 0.563. The molecule has 0 unspecified atom stereocenters. The molecule has 0 bridgehead atoms. The summed E-state index contributed by atoms with van der Waals surface area (Å²) in [6.07, 6.45) is 3.68. The number of amides is 1. The monoisotopic (exact) mass is 372 g/mol. The van der Waals surface area contributed by atoms with Crippen molar-refractivity contribution in [3.63, 3.8) is 0 Å². The van der Waals surface area contributed by atoms with Gasteiger partial charge in [0.1, 0.15) is 11.4 Å². The number of nitrogens with zero attached hydrogens (tertiary/aromatic N) is 3. The summed E-state index contributed by atoms with van der Waals surface area (Å²) in [5, 5.41) is 8.14. The second-order valence-electron chi connectivity index (χ2n) is 6.41. The zero-order valence-corrected chi connectivity index (χ0v) is 15.5. The van der Waals surface area contributed by atoms with Crippen LogP contribution in [0.2, 0.25) is 0 Å². The number of fused-ring (bicyclic) bond motifs is 1. The molecule has 0 atom stereocenters. The molecule has 2 aromatic carbocycles. The van der Waals surface area contributed by atoms with E-state index in [2.05, 4.69) is 15.4 Å². The number of rotatable bonds is 6. The van der Waals surface area contributed by atoms with Gasteiger partial charge in [-0.25, -0.2) is 4.98 Å². The molecule has 0 saturated heterocycles. The second kappa shape index (κ2) is 7.92. The number of hydrogen-bond donors (Lipinski definition) is 1. The first-order valence-corrected chi connectivity index (χ1v) is 9.00. The van der Waals surface area contributed by atoms with Gasteiger partial charge in [-0.05, 0) is 41.5 Å². The van der Waals surface area contributed by atoms with Crippen LogP contribution in [-0.4, -0.2) is 27.8 Å². The van der Waals surface area contributed by atoms with E-state index in [0.29, 0.717) is 18.8 Å². The molecule has 6 nitrogen and oxygen atoms in total. The van der Waals surface area contributed by atoms with E-state index in [1.165, 1.54) is 0 Å². The maximum absolute atomic E-state index is 12.6. The molecule has 0 aliphatic rings. The fourth-order valence-electron chi connectivity index (χ4n) is 3.08. The number of carbonyl (C=O) groups is 1. The Labute approximate surface area is 162 Å². The molecule has 0 saturated carbocycles. The van der Waals surface area contributed by atoms with Gasteiger partial charge >= 0.3 is 0 Å². The Hall–Kier alpha value is -3.67. The topological polar surface area (TPSA) is 69.0 Å². The smallest absolute Gasteiger partial charge is 0.270 e. The minimum atomic E-state index is -0.202. The van der Waals surface area contributed by atoms with E-state index in [-0.39, 0.29) is 5.91 Å². The van der Waals surface area contributed by atoms with Gasteiger partial charge in [0.15, 0.2) is 0 Å². The van der Waals surface area contributed by atoms with E-state index in [9.17, 15) is 4.79 Å². The lowest BCUT2D eigenvalue weighted by Gasteiger charge is -2.11. The second-order valence-corrected chi connectivity index (χ2v) is 6.41. The van der Waals surface area contributed by atoms with Crippen molar-refractivity contribution in [3.8, 4) is 5.75 Å². The predicted octanol–water partition coefficient (Wildman–Crippen LogP) is 3.42. The SMILES string of the molecule is COc1ccc2nc(C(=O)NCc3ccccc3Cn3cccn3)ccc2c1. The van der Waals surface area contributed by atoms with E-state index in [1.807, 2.05) is 65.5 Å². The summed E-state index contributed by atoms with van der Waals surface area (Å²) >= 11 is 0. The first kappa shape index (κ1) is 17.7. The first-order chi connectivity index (χ1) is 13.7. The van der Waals surface area contributed by atoms with E-state index in [1.54, 1.807) is 19.4 Å². The minimum Gasteiger partial charge on any atom is -0.497 e. The largest absolute Gasteiger partial charge is 0.497 e. The maximum atomic E-state index is 12.6. The van der Waals surface area contributed by atoms with Crippen LogP contribution in [0.5, 0.6) is 5.75 Å². The lowest BCUT2D eigenvalue weighted by Crippen LogP contribution is -2.24. The number of carbonyl (C=O) groups excluding carboxylic acids is 1. The lowest BCUT2D eigenvalue weighted by atomic mass is 10.1. The molecule has 0 radical (unpaired) electrons. The molecule has 1 amide bonds. The third-order valence-electron chi connectivity index (χ3n) is 4.58. The van der Waals surface area contributed by atoms with E-state index >= 15 is 0 Å². The number of hydrogen-bond acceptors (Lipinski definition) is 4. The normalized spacial score (nSPS) is 10.8. The number of aromatic nitrogens is 3. The Morgan fingerprint density at radius 3 is 2.71 bits per heavy atom. The van der Waals surface area contributed by atoms with Crippen LogP contribution in [-0.2, 0) is 13.1 Å². The van der Waals surface area contributed by atoms with Gasteiger partial charge in [0, 0.05) is 24.3 Å². The van der Waals surface area contributed by atoms with Crippen molar-refractivity contribution in [3.05, 3.63) is 89.9 Å². The van der Waals surface area contributed by atoms with Crippen molar-refractivity contribution in [2.75, 3.05) is 7.11 Å². The fraction of sp³-hybridized carbons (Fsp3) is 0.136. The number of benzene rings is 2. The highest BCUT2D eigenvalue weighted by atomic mass is 16.5. The summed E-state index contributed by atoms with van der Waals surface area (Å²) in [6.45, 7) is 1.09. The number of methoxy groups -OCH3 is 1. The Morgan fingerprint density at radius 2 is 1.93 bits per heavy atom. The molecule has 1 N–H and O–H groups in total. The van der Waals surface area contributed by atoms with Crippen LogP contribution in [0.3, 0.4) is 0 Å². The van der Waals surface area contributed by atoms with E-state index in [0.717, 1.165) is 27.8 Å². The Kier molecular flexibility index (Phi) is 5.01. The average molecular weight is 372 g/mol. The van der Waals surface area contributed by atoms with E-state index in [4.69, 9.17) is 4.74 Å². The van der Waals surface area contributed by atoms with Gasteiger partial charge in [0.05, 0.1) is 19.2 Å². The molecule has 4 aromatic rings. The summed E-state index contributed by atoms with van der Waals surface area (Å²) < 4.78 is 7.08. The number of pyridine rings is 1. The summed E-state index contributed by atoms with van der Waals surface area (Å²) in [4.78, 5) is 17.1. The lowest BCUT2D eigenvalue weighted by molar-refractivity contribution is 0.0946. The van der Waals surface area contributed by atoms with Gasteiger partial charge in [0.2, 0.25) is 0 Å². The highest BCUT2D eigenvalue weighted by Crippen LogP contribution is 2.19. The summed E-state index contributed by atoms with van der Waals surface area (Å²) in [5.41, 5.74) is 3.32. The van der Waals surface area contributed by atoms with E-state index < -0.39 is 0 Å². The summed E-state index contributed by atoms with van der Waals surface area (Å²) in [5.74, 6) is 0.562. The van der Waals surface area contributed by atoms with Crippen molar-refractivity contribution in [2.24, 2.45) is 0 Å². The molecule has 4 rings (SSSR count). The molecule has 0 fully saturated rings. The highest BCUT2D eigenvalue weighted by molar-refractivity contribution is 5.95. The van der Waals surface area contributed by atoms with Crippen LogP contribution in [0.1, 0.15) is 21.6 Å². The van der Waals surface area contributed by atoms with Crippen molar-refractivity contribution in [2.45, 2.75) is 13.1 Å². The predicted molar refractivity (Wildman–Crippen MR) is 107 cm³/mol. The molecular formula is C22H20N4O2. The number of ether oxygens (including phenoxy) is 1. The van der Waals surface area contributed by atoms with Crippen LogP contribution in [0.4, 0.5) is 0 Å². The van der Waals surface area contributed by atoms with Crippen molar-refractivity contribution in [1.82, 2.24) is 20.1 Å². The van der Waals surface area contributed by atoms with Gasteiger partial charge in [-0.2, -0.15) is 5.10 Å². The maximum Gasteiger partial charge on any atom is 0.270 e. The molecule has 2 heterocycles. The van der Waals surface area contributed by atoms with Crippen molar-refractivity contribution >= 4 is 16.8 Å². The molecule has 140 valence electrons. The summed E-state index contributed by atoms with van der Waals surface area (Å²) in [7, 11) is 1.63. The van der Waals surface area contributed by atoms with Crippen LogP contribution in [0.25, 0.3) is 10.9 Å². The first-order valence-electron chi connectivity index (χ1n) is 9.00. The van der Waals surface area contributed by atoms with Gasteiger partial charge in [0.25, 0.3) is 5.91 Å². The molecular weight excluding hydrogens is 352 g/mol. The minimum absolute atomic E-state index is 0.202. The van der Waals surface area contributed by atoms with Gasteiger partial charge in [-0.15, -0.1) is 0 Å². The zero-order valence-electron chi connectivity index (χ0n) is 15.5.